The lowest BCUT2D eigenvalue weighted by molar-refractivity contribution is 0.124. The zero-order valence-electron chi connectivity index (χ0n) is 11.7. The van der Waals surface area contributed by atoms with Gasteiger partial charge in [-0.25, -0.2) is 8.78 Å². The van der Waals surface area contributed by atoms with Gasteiger partial charge in [-0.15, -0.1) is 24.8 Å². The average Bonchev–Trinajstić information content (AvgIpc) is 2.86. The highest BCUT2D eigenvalue weighted by molar-refractivity contribution is 5.85. The molecule has 20 heavy (non-hydrogen) atoms. The van der Waals surface area contributed by atoms with E-state index in [2.05, 4.69) is 18.7 Å². The maximum Gasteiger partial charge on any atom is 0.159 e. The van der Waals surface area contributed by atoms with Gasteiger partial charge in [-0.3, -0.25) is 4.90 Å². The van der Waals surface area contributed by atoms with Crippen molar-refractivity contribution in [2.24, 2.45) is 5.73 Å². The van der Waals surface area contributed by atoms with Gasteiger partial charge in [0.05, 0.1) is 0 Å². The monoisotopic (exact) mass is 326 g/mol. The van der Waals surface area contributed by atoms with E-state index < -0.39 is 11.6 Å². The molecule has 1 aliphatic heterocycles. The first-order valence-corrected chi connectivity index (χ1v) is 6.38. The molecular weight excluding hydrogens is 305 g/mol. The zero-order chi connectivity index (χ0) is 13.3. The number of hydrogen-bond donors (Lipinski definition) is 1. The molecule has 6 heteroatoms. The molecule has 0 aromatic heterocycles. The van der Waals surface area contributed by atoms with Gasteiger partial charge in [0.15, 0.2) is 11.6 Å². The van der Waals surface area contributed by atoms with Crippen LogP contribution in [0.4, 0.5) is 8.78 Å². The van der Waals surface area contributed by atoms with Gasteiger partial charge < -0.3 is 5.73 Å². The number of nitrogens with two attached hydrogens (primary N) is 1. The smallest absolute Gasteiger partial charge is 0.159 e. The molecule has 0 radical (unpaired) electrons. The second kappa shape index (κ2) is 7.55. The van der Waals surface area contributed by atoms with Gasteiger partial charge in [0, 0.05) is 11.6 Å². The van der Waals surface area contributed by atoms with E-state index in [0.29, 0.717) is 5.56 Å². The minimum atomic E-state index is -0.833. The van der Waals surface area contributed by atoms with E-state index in [1.165, 1.54) is 18.9 Å². The lowest BCUT2D eigenvalue weighted by Crippen LogP contribution is -2.49. The summed E-state index contributed by atoms with van der Waals surface area (Å²) in [6, 6.07) is 3.59. The molecule has 2 N–H and O–H groups in total. The number of hydrogen-bond acceptors (Lipinski definition) is 2. The van der Waals surface area contributed by atoms with Crippen LogP contribution in [-0.2, 0) is 0 Å². The molecule has 0 saturated carbocycles. The topological polar surface area (TPSA) is 29.3 Å². The first kappa shape index (κ1) is 19.6. The molecule has 2 rings (SSSR count). The molecule has 1 heterocycles. The molecule has 0 amide bonds. The van der Waals surface area contributed by atoms with Crippen molar-refractivity contribution in [1.29, 1.82) is 0 Å². The fraction of sp³-hybridized carbons (Fsp3) is 0.571. The van der Waals surface area contributed by atoms with E-state index in [1.807, 2.05) is 0 Å². The Bertz CT molecular complexity index is 435. The van der Waals surface area contributed by atoms with Gasteiger partial charge in [0.25, 0.3) is 0 Å². The van der Waals surface area contributed by atoms with Crippen molar-refractivity contribution in [2.75, 3.05) is 13.1 Å². The number of nitrogens with zero attached hydrogens (tertiary/aromatic N) is 1. The van der Waals surface area contributed by atoms with Crippen LogP contribution in [0.25, 0.3) is 0 Å². The van der Waals surface area contributed by atoms with Crippen LogP contribution in [0.5, 0.6) is 0 Å². The van der Waals surface area contributed by atoms with E-state index in [4.69, 9.17) is 5.73 Å². The molecule has 1 saturated heterocycles. The summed E-state index contributed by atoms with van der Waals surface area (Å²) in [5.74, 6) is -1.66. The standard InChI is InChI=1S/C14H20F2N2.2ClH/c1-14(2,18-7-3-4-8-18)13(17)10-5-6-11(15)12(16)9-10;;/h5-6,9,13H,3-4,7-8,17H2,1-2H3;2*1H. The maximum absolute atomic E-state index is 13.3. The molecule has 1 fully saturated rings. The minimum absolute atomic E-state index is 0. The maximum atomic E-state index is 13.3. The Morgan fingerprint density at radius 2 is 1.65 bits per heavy atom. The van der Waals surface area contributed by atoms with Crippen molar-refractivity contribution in [3.05, 3.63) is 35.4 Å². The second-order valence-electron chi connectivity index (χ2n) is 5.50. The van der Waals surface area contributed by atoms with Crippen LogP contribution >= 0.6 is 24.8 Å². The molecule has 0 aliphatic carbocycles. The predicted molar refractivity (Wildman–Crippen MR) is 82.7 cm³/mol. The lowest BCUT2D eigenvalue weighted by atomic mass is 9.88. The van der Waals surface area contributed by atoms with Gasteiger partial charge in [0.2, 0.25) is 0 Å². The van der Waals surface area contributed by atoms with Crippen molar-refractivity contribution in [3.63, 3.8) is 0 Å². The van der Waals surface area contributed by atoms with E-state index in [1.54, 1.807) is 6.07 Å². The van der Waals surface area contributed by atoms with Crippen molar-refractivity contribution in [3.8, 4) is 0 Å². The Kier molecular flexibility index (Phi) is 7.39. The van der Waals surface area contributed by atoms with Crippen molar-refractivity contribution in [1.82, 2.24) is 4.90 Å². The van der Waals surface area contributed by atoms with E-state index in [-0.39, 0.29) is 36.4 Å². The molecule has 0 bridgehead atoms. The molecule has 116 valence electrons. The average molecular weight is 327 g/mol. The summed E-state index contributed by atoms with van der Waals surface area (Å²) in [6.07, 6.45) is 2.35. The van der Waals surface area contributed by atoms with E-state index in [9.17, 15) is 8.78 Å². The lowest BCUT2D eigenvalue weighted by Gasteiger charge is -2.40. The Morgan fingerprint density at radius 3 is 2.15 bits per heavy atom. The summed E-state index contributed by atoms with van der Waals surface area (Å²) in [5.41, 5.74) is 6.64. The van der Waals surface area contributed by atoms with Crippen LogP contribution in [-0.4, -0.2) is 23.5 Å². The Balaban J connectivity index is 0.00000180. The third-order valence-electron chi connectivity index (χ3n) is 3.98. The Hall–Kier alpha value is -0.420. The summed E-state index contributed by atoms with van der Waals surface area (Å²) in [5, 5.41) is 0. The van der Waals surface area contributed by atoms with Gasteiger partial charge >= 0.3 is 0 Å². The van der Waals surface area contributed by atoms with Gasteiger partial charge in [-0.1, -0.05) is 6.07 Å². The largest absolute Gasteiger partial charge is 0.322 e. The van der Waals surface area contributed by atoms with Crippen LogP contribution in [0.3, 0.4) is 0 Å². The summed E-state index contributed by atoms with van der Waals surface area (Å²) in [4.78, 5) is 2.32. The normalized spacial score (nSPS) is 17.2. The third kappa shape index (κ3) is 3.82. The summed E-state index contributed by atoms with van der Waals surface area (Å²) < 4.78 is 26.2. The van der Waals surface area contributed by atoms with Crippen LogP contribution in [0, 0.1) is 11.6 Å². The number of benzene rings is 1. The molecule has 0 spiro atoms. The van der Waals surface area contributed by atoms with Crippen molar-refractivity contribution < 1.29 is 8.78 Å². The van der Waals surface area contributed by atoms with Crippen LogP contribution in [0.15, 0.2) is 18.2 Å². The highest BCUT2D eigenvalue weighted by Gasteiger charge is 2.35. The summed E-state index contributed by atoms with van der Waals surface area (Å²) in [6.45, 7) is 6.16. The number of rotatable bonds is 3. The fourth-order valence-corrected chi connectivity index (χ4v) is 2.60. The van der Waals surface area contributed by atoms with Gasteiger partial charge in [-0.2, -0.15) is 0 Å². The number of likely N-dealkylation sites (tertiary alicyclic amines) is 1. The van der Waals surface area contributed by atoms with Gasteiger partial charge in [-0.05, 0) is 57.5 Å². The van der Waals surface area contributed by atoms with Crippen molar-refractivity contribution >= 4 is 24.8 Å². The van der Waals surface area contributed by atoms with Crippen LogP contribution in [0.2, 0.25) is 0 Å². The summed E-state index contributed by atoms with van der Waals surface area (Å²) in [7, 11) is 0. The highest BCUT2D eigenvalue weighted by Crippen LogP contribution is 2.32. The van der Waals surface area contributed by atoms with E-state index >= 15 is 0 Å². The second-order valence-corrected chi connectivity index (χ2v) is 5.50. The van der Waals surface area contributed by atoms with Gasteiger partial charge in [0.1, 0.15) is 0 Å². The zero-order valence-corrected chi connectivity index (χ0v) is 13.4. The number of halogens is 4. The van der Waals surface area contributed by atoms with Crippen molar-refractivity contribution in [2.45, 2.75) is 38.3 Å². The van der Waals surface area contributed by atoms with Crippen LogP contribution < -0.4 is 5.73 Å². The van der Waals surface area contributed by atoms with E-state index in [0.717, 1.165) is 19.2 Å². The molecule has 2 nitrogen and oxygen atoms in total. The molecule has 1 unspecified atom stereocenters. The first-order valence-electron chi connectivity index (χ1n) is 6.38. The predicted octanol–water partition coefficient (Wildman–Crippen LogP) is 3.68. The SMILES string of the molecule is CC(C)(C(N)c1ccc(F)c(F)c1)N1CCCC1.Cl.Cl. The molecule has 1 aromatic carbocycles. The summed E-state index contributed by atoms with van der Waals surface area (Å²) >= 11 is 0. The minimum Gasteiger partial charge on any atom is -0.322 e. The first-order chi connectivity index (χ1) is 8.43. The quantitative estimate of drug-likeness (QED) is 0.918. The molecule has 1 aromatic rings. The molecular formula is C14H22Cl2F2N2. The Labute approximate surface area is 131 Å². The highest BCUT2D eigenvalue weighted by atomic mass is 35.5. The molecule has 1 atom stereocenters. The molecule has 1 aliphatic rings. The fourth-order valence-electron chi connectivity index (χ4n) is 2.60. The third-order valence-corrected chi connectivity index (χ3v) is 3.98. The Morgan fingerprint density at radius 1 is 1.10 bits per heavy atom. The van der Waals surface area contributed by atoms with Crippen LogP contribution in [0.1, 0.15) is 38.3 Å².